The highest BCUT2D eigenvalue weighted by Gasteiger charge is 2.35. The van der Waals surface area contributed by atoms with Gasteiger partial charge in [-0.05, 0) is 47.6 Å². The number of hydrogen-bond donors (Lipinski definition) is 0. The summed E-state index contributed by atoms with van der Waals surface area (Å²) in [5.74, 6) is 1.41. The summed E-state index contributed by atoms with van der Waals surface area (Å²) in [6.07, 6.45) is 5.35. The van der Waals surface area contributed by atoms with Gasteiger partial charge in [0.2, 0.25) is 5.88 Å². The van der Waals surface area contributed by atoms with Gasteiger partial charge in [-0.25, -0.2) is 4.98 Å². The van der Waals surface area contributed by atoms with Gasteiger partial charge >= 0.3 is 0 Å². The molecular formula is C23H38N2O4. The third-order valence-electron chi connectivity index (χ3n) is 5.27. The van der Waals surface area contributed by atoms with E-state index in [0.717, 1.165) is 44.7 Å². The third kappa shape index (κ3) is 7.12. The summed E-state index contributed by atoms with van der Waals surface area (Å²) in [6.45, 7) is 16.4. The highest BCUT2D eigenvalue weighted by molar-refractivity contribution is 5.23. The van der Waals surface area contributed by atoms with Crippen LogP contribution in [0.15, 0.2) is 18.3 Å². The molecule has 0 N–H and O–H groups in total. The van der Waals surface area contributed by atoms with Gasteiger partial charge in [0.15, 0.2) is 0 Å². The van der Waals surface area contributed by atoms with Crippen LogP contribution in [-0.4, -0.2) is 65.6 Å². The first kappa shape index (κ1) is 22.3. The van der Waals surface area contributed by atoms with Crippen molar-refractivity contribution >= 4 is 0 Å². The first-order valence-corrected chi connectivity index (χ1v) is 10.9. The second kappa shape index (κ2) is 9.19. The van der Waals surface area contributed by atoms with E-state index in [1.165, 1.54) is 0 Å². The molecule has 1 saturated carbocycles. The van der Waals surface area contributed by atoms with E-state index in [9.17, 15) is 0 Å². The molecule has 0 aromatic carbocycles. The minimum Gasteiger partial charge on any atom is -0.489 e. The van der Waals surface area contributed by atoms with Crippen molar-refractivity contribution in [2.75, 3.05) is 26.3 Å². The van der Waals surface area contributed by atoms with Crippen molar-refractivity contribution in [1.29, 1.82) is 0 Å². The number of likely N-dealkylation sites (tertiary alicyclic amines) is 1. The molecule has 1 aromatic heterocycles. The van der Waals surface area contributed by atoms with Crippen molar-refractivity contribution in [2.45, 2.75) is 90.3 Å². The fourth-order valence-electron chi connectivity index (χ4n) is 3.50. The zero-order valence-corrected chi connectivity index (χ0v) is 18.9. The smallest absolute Gasteiger partial charge is 0.213 e. The number of ether oxygens (including phenoxy) is 4. The maximum absolute atomic E-state index is 5.95. The Hall–Kier alpha value is -1.37. The van der Waals surface area contributed by atoms with E-state index < -0.39 is 0 Å². The first-order valence-electron chi connectivity index (χ1n) is 10.9. The minimum absolute atomic E-state index is 0.0914. The quantitative estimate of drug-likeness (QED) is 0.576. The predicted molar refractivity (Wildman–Crippen MR) is 114 cm³/mol. The summed E-state index contributed by atoms with van der Waals surface area (Å²) in [4.78, 5) is 6.77. The van der Waals surface area contributed by atoms with Gasteiger partial charge in [0, 0.05) is 44.0 Å². The van der Waals surface area contributed by atoms with E-state index in [2.05, 4.69) is 51.4 Å². The van der Waals surface area contributed by atoms with Crippen molar-refractivity contribution in [3.05, 3.63) is 18.3 Å². The van der Waals surface area contributed by atoms with Gasteiger partial charge in [-0.2, -0.15) is 0 Å². The lowest BCUT2D eigenvalue weighted by molar-refractivity contribution is -0.126. The maximum Gasteiger partial charge on any atom is 0.213 e. The highest BCUT2D eigenvalue weighted by Crippen LogP contribution is 2.31. The molecule has 2 heterocycles. The Bertz CT molecular complexity index is 624. The largest absolute Gasteiger partial charge is 0.489 e. The second-order valence-corrected chi connectivity index (χ2v) is 10.2. The summed E-state index contributed by atoms with van der Waals surface area (Å²) >= 11 is 0. The number of pyridine rings is 1. The molecule has 3 rings (SSSR count). The van der Waals surface area contributed by atoms with E-state index in [0.29, 0.717) is 24.7 Å². The molecule has 0 bridgehead atoms. The zero-order valence-electron chi connectivity index (χ0n) is 18.9. The molecule has 164 valence electrons. The molecule has 0 radical (unpaired) electrons. The lowest BCUT2D eigenvalue weighted by atomic mass is 9.91. The molecule has 1 aromatic rings. The standard InChI is InChI=1S/C23H38N2O4/c1-22(2,3)25-15-20(16-25)26-10-7-11-27-21-9-8-17(14-24-21)28-18-12-19(13-18)29-23(4,5)6/h8-9,14,18-20H,7,10-13,15-16H2,1-6H3. The molecular weight excluding hydrogens is 368 g/mol. The summed E-state index contributed by atoms with van der Waals surface area (Å²) in [5.41, 5.74) is 0.150. The van der Waals surface area contributed by atoms with Crippen molar-refractivity contribution in [3.63, 3.8) is 0 Å². The fourth-order valence-corrected chi connectivity index (χ4v) is 3.50. The molecule has 0 spiro atoms. The molecule has 0 atom stereocenters. The molecule has 1 aliphatic heterocycles. The van der Waals surface area contributed by atoms with Crippen LogP contribution in [0.5, 0.6) is 11.6 Å². The lowest BCUT2D eigenvalue weighted by Crippen LogP contribution is -2.59. The summed E-state index contributed by atoms with van der Waals surface area (Å²) in [6, 6.07) is 3.79. The van der Waals surface area contributed by atoms with Crippen LogP contribution in [0.2, 0.25) is 0 Å². The number of hydrogen-bond acceptors (Lipinski definition) is 6. The van der Waals surface area contributed by atoms with E-state index in [1.54, 1.807) is 6.20 Å². The van der Waals surface area contributed by atoms with Gasteiger partial charge in [0.1, 0.15) is 11.9 Å². The van der Waals surface area contributed by atoms with Crippen LogP contribution >= 0.6 is 0 Å². The van der Waals surface area contributed by atoms with E-state index in [1.807, 2.05) is 12.1 Å². The third-order valence-corrected chi connectivity index (χ3v) is 5.27. The van der Waals surface area contributed by atoms with Gasteiger partial charge in [-0.1, -0.05) is 0 Å². The maximum atomic E-state index is 5.95. The molecule has 6 heteroatoms. The molecule has 2 fully saturated rings. The molecule has 0 unspecified atom stereocenters. The topological polar surface area (TPSA) is 53.1 Å². The average molecular weight is 407 g/mol. The van der Waals surface area contributed by atoms with Gasteiger partial charge in [-0.3, -0.25) is 4.90 Å². The van der Waals surface area contributed by atoms with Crippen LogP contribution in [0, 0.1) is 0 Å². The van der Waals surface area contributed by atoms with Crippen LogP contribution in [0.3, 0.4) is 0 Å². The van der Waals surface area contributed by atoms with Gasteiger partial charge in [0.05, 0.1) is 37.2 Å². The van der Waals surface area contributed by atoms with E-state index >= 15 is 0 Å². The van der Waals surface area contributed by atoms with Crippen LogP contribution in [0.1, 0.15) is 60.8 Å². The number of nitrogens with zero attached hydrogens (tertiary/aromatic N) is 2. The molecule has 6 nitrogen and oxygen atoms in total. The van der Waals surface area contributed by atoms with Gasteiger partial charge < -0.3 is 18.9 Å². The predicted octanol–water partition coefficient (Wildman–Crippen LogP) is 4.07. The second-order valence-electron chi connectivity index (χ2n) is 10.2. The minimum atomic E-state index is -0.0914. The van der Waals surface area contributed by atoms with Gasteiger partial charge in [0.25, 0.3) is 0 Å². The zero-order chi connectivity index (χ0) is 21.1. The summed E-state index contributed by atoms with van der Waals surface area (Å²) in [7, 11) is 0. The van der Waals surface area contributed by atoms with Crippen LogP contribution in [0.4, 0.5) is 0 Å². The highest BCUT2D eigenvalue weighted by atomic mass is 16.5. The fraction of sp³-hybridized carbons (Fsp3) is 0.783. The monoisotopic (exact) mass is 406 g/mol. The molecule has 1 aliphatic carbocycles. The Kier molecular flexibility index (Phi) is 7.07. The van der Waals surface area contributed by atoms with Crippen molar-refractivity contribution in [2.24, 2.45) is 0 Å². The van der Waals surface area contributed by atoms with Gasteiger partial charge in [-0.15, -0.1) is 0 Å². The van der Waals surface area contributed by atoms with Crippen molar-refractivity contribution in [1.82, 2.24) is 9.88 Å². The molecule has 0 amide bonds. The normalized spacial score (nSPS) is 23.4. The van der Waals surface area contributed by atoms with Crippen molar-refractivity contribution in [3.8, 4) is 11.6 Å². The van der Waals surface area contributed by atoms with E-state index in [-0.39, 0.29) is 17.2 Å². The van der Waals surface area contributed by atoms with Crippen LogP contribution in [0.25, 0.3) is 0 Å². The first-order chi connectivity index (χ1) is 13.6. The van der Waals surface area contributed by atoms with Crippen LogP contribution in [-0.2, 0) is 9.47 Å². The SMILES string of the molecule is CC(C)(C)OC1CC(Oc2ccc(OCCCOC3CN(C(C)(C)C)C3)nc2)C1. The molecule has 29 heavy (non-hydrogen) atoms. The van der Waals surface area contributed by atoms with E-state index in [4.69, 9.17) is 18.9 Å². The molecule has 1 saturated heterocycles. The Balaban J connectivity index is 1.24. The Morgan fingerprint density at radius 2 is 1.69 bits per heavy atom. The van der Waals surface area contributed by atoms with Crippen molar-refractivity contribution < 1.29 is 18.9 Å². The number of aromatic nitrogens is 1. The summed E-state index contributed by atoms with van der Waals surface area (Å²) in [5, 5.41) is 0. The lowest BCUT2D eigenvalue weighted by Gasteiger charge is -2.47. The Morgan fingerprint density at radius 3 is 2.28 bits per heavy atom. The Morgan fingerprint density at radius 1 is 0.966 bits per heavy atom. The summed E-state index contributed by atoms with van der Waals surface area (Å²) < 4.78 is 23.5. The van der Waals surface area contributed by atoms with Crippen LogP contribution < -0.4 is 9.47 Å². The number of rotatable bonds is 9. The average Bonchev–Trinajstić information content (AvgIpc) is 2.53. The molecule has 2 aliphatic rings. The Labute approximate surface area is 175 Å².